The van der Waals surface area contributed by atoms with Gasteiger partial charge in [0.15, 0.2) is 23.1 Å². The number of ether oxygens (including phenoxy) is 3. The van der Waals surface area contributed by atoms with Gasteiger partial charge in [0.25, 0.3) is 0 Å². The summed E-state index contributed by atoms with van der Waals surface area (Å²) in [4.78, 5) is 4.56. The molecular formula is C18H19N3O3. The van der Waals surface area contributed by atoms with E-state index in [0.717, 1.165) is 16.9 Å². The Labute approximate surface area is 140 Å². The first-order valence-corrected chi connectivity index (χ1v) is 7.63. The minimum absolute atomic E-state index is 0.560. The molecule has 0 aliphatic heterocycles. The monoisotopic (exact) mass is 325 g/mol. The van der Waals surface area contributed by atoms with E-state index in [4.69, 9.17) is 14.2 Å². The van der Waals surface area contributed by atoms with Crippen molar-refractivity contribution in [3.8, 4) is 40.0 Å². The van der Waals surface area contributed by atoms with Gasteiger partial charge in [0.1, 0.15) is 5.75 Å². The number of hydrogen-bond acceptors (Lipinski definition) is 5. The third-order valence-electron chi connectivity index (χ3n) is 3.57. The van der Waals surface area contributed by atoms with E-state index < -0.39 is 0 Å². The van der Waals surface area contributed by atoms with Crippen molar-refractivity contribution in [1.29, 1.82) is 0 Å². The first-order chi connectivity index (χ1) is 11.7. The molecule has 0 aliphatic carbocycles. The maximum absolute atomic E-state index is 5.60. The summed E-state index contributed by atoms with van der Waals surface area (Å²) >= 11 is 0. The second-order valence-electron chi connectivity index (χ2n) is 5.03. The standard InChI is InChI=1S/C18H19N3O3/c1-4-24-16-11-13(7-10-15(16)23-3)18-19-17(20-21-18)12-5-8-14(22-2)9-6-12/h5-11H,4H2,1-3H3,(H,19,20,21). The van der Waals surface area contributed by atoms with Crippen molar-refractivity contribution < 1.29 is 14.2 Å². The van der Waals surface area contributed by atoms with Crippen LogP contribution in [0.25, 0.3) is 22.8 Å². The van der Waals surface area contributed by atoms with E-state index in [-0.39, 0.29) is 0 Å². The summed E-state index contributed by atoms with van der Waals surface area (Å²) in [6, 6.07) is 13.3. The molecule has 6 nitrogen and oxygen atoms in total. The molecule has 0 atom stereocenters. The number of benzene rings is 2. The summed E-state index contributed by atoms with van der Waals surface area (Å²) in [5, 5.41) is 7.26. The molecule has 0 radical (unpaired) electrons. The highest BCUT2D eigenvalue weighted by atomic mass is 16.5. The third-order valence-corrected chi connectivity index (χ3v) is 3.57. The lowest BCUT2D eigenvalue weighted by atomic mass is 10.2. The van der Waals surface area contributed by atoms with Crippen molar-refractivity contribution in [2.45, 2.75) is 6.92 Å². The number of aromatic nitrogens is 3. The van der Waals surface area contributed by atoms with Crippen LogP contribution in [-0.2, 0) is 0 Å². The Balaban J connectivity index is 1.90. The van der Waals surface area contributed by atoms with Gasteiger partial charge in [-0.3, -0.25) is 5.10 Å². The normalized spacial score (nSPS) is 10.5. The fraction of sp³-hybridized carbons (Fsp3) is 0.222. The molecule has 6 heteroatoms. The average molecular weight is 325 g/mol. The Kier molecular flexibility index (Phi) is 4.65. The molecule has 124 valence electrons. The van der Waals surface area contributed by atoms with E-state index in [2.05, 4.69) is 15.2 Å². The lowest BCUT2D eigenvalue weighted by molar-refractivity contribution is 0.311. The van der Waals surface area contributed by atoms with Gasteiger partial charge in [-0.25, -0.2) is 4.98 Å². The van der Waals surface area contributed by atoms with E-state index in [1.54, 1.807) is 14.2 Å². The van der Waals surface area contributed by atoms with Gasteiger partial charge in [-0.05, 0) is 49.4 Å². The topological polar surface area (TPSA) is 69.3 Å². The van der Waals surface area contributed by atoms with Crippen LogP contribution in [0.1, 0.15) is 6.92 Å². The van der Waals surface area contributed by atoms with Crippen molar-refractivity contribution in [3.05, 3.63) is 42.5 Å². The van der Waals surface area contributed by atoms with Crippen molar-refractivity contribution in [2.75, 3.05) is 20.8 Å². The Morgan fingerprint density at radius 1 is 0.917 bits per heavy atom. The van der Waals surface area contributed by atoms with E-state index in [1.165, 1.54) is 0 Å². The van der Waals surface area contributed by atoms with Crippen LogP contribution in [0.15, 0.2) is 42.5 Å². The minimum atomic E-state index is 0.560. The maximum Gasteiger partial charge on any atom is 0.181 e. The zero-order valence-electron chi connectivity index (χ0n) is 13.9. The van der Waals surface area contributed by atoms with Gasteiger partial charge in [-0.15, -0.1) is 0 Å². The quantitative estimate of drug-likeness (QED) is 0.750. The predicted molar refractivity (Wildman–Crippen MR) is 91.5 cm³/mol. The molecule has 1 heterocycles. The highest BCUT2D eigenvalue weighted by molar-refractivity contribution is 5.64. The van der Waals surface area contributed by atoms with Gasteiger partial charge in [0, 0.05) is 11.1 Å². The molecule has 24 heavy (non-hydrogen) atoms. The lowest BCUT2D eigenvalue weighted by Gasteiger charge is -2.09. The molecule has 0 saturated heterocycles. The van der Waals surface area contributed by atoms with E-state index in [1.807, 2.05) is 49.4 Å². The number of rotatable bonds is 6. The first-order valence-electron chi connectivity index (χ1n) is 7.63. The number of hydrogen-bond donors (Lipinski definition) is 1. The molecule has 3 rings (SSSR count). The fourth-order valence-electron chi connectivity index (χ4n) is 2.35. The molecule has 0 aliphatic rings. The van der Waals surface area contributed by atoms with Gasteiger partial charge in [0.05, 0.1) is 20.8 Å². The van der Waals surface area contributed by atoms with E-state index in [0.29, 0.717) is 29.8 Å². The summed E-state index contributed by atoms with van der Waals surface area (Å²) in [7, 11) is 3.26. The van der Waals surface area contributed by atoms with Gasteiger partial charge >= 0.3 is 0 Å². The van der Waals surface area contributed by atoms with Crippen LogP contribution in [0, 0.1) is 0 Å². The zero-order valence-corrected chi connectivity index (χ0v) is 13.9. The first kappa shape index (κ1) is 15.9. The Morgan fingerprint density at radius 2 is 1.67 bits per heavy atom. The second-order valence-corrected chi connectivity index (χ2v) is 5.03. The van der Waals surface area contributed by atoms with Crippen LogP contribution in [0.2, 0.25) is 0 Å². The Hall–Kier alpha value is -3.02. The molecule has 0 spiro atoms. The Morgan fingerprint density at radius 3 is 2.33 bits per heavy atom. The van der Waals surface area contributed by atoms with Gasteiger partial charge in [-0.2, -0.15) is 5.10 Å². The molecule has 1 N–H and O–H groups in total. The molecule has 3 aromatic rings. The predicted octanol–water partition coefficient (Wildman–Crippen LogP) is 3.55. The lowest BCUT2D eigenvalue weighted by Crippen LogP contribution is -1.96. The molecule has 0 bridgehead atoms. The SMILES string of the molecule is CCOc1cc(-c2n[nH]c(-c3ccc(OC)cc3)n2)ccc1OC. The maximum atomic E-state index is 5.60. The van der Waals surface area contributed by atoms with Crippen LogP contribution in [0.3, 0.4) is 0 Å². The smallest absolute Gasteiger partial charge is 0.181 e. The highest BCUT2D eigenvalue weighted by Crippen LogP contribution is 2.32. The van der Waals surface area contributed by atoms with Gasteiger partial charge in [-0.1, -0.05) is 0 Å². The summed E-state index contributed by atoms with van der Waals surface area (Å²) in [6.45, 7) is 2.49. The second kappa shape index (κ2) is 7.04. The van der Waals surface area contributed by atoms with E-state index >= 15 is 0 Å². The molecule has 0 saturated carbocycles. The van der Waals surface area contributed by atoms with Crippen molar-refractivity contribution in [2.24, 2.45) is 0 Å². The summed E-state index contributed by atoms with van der Waals surface area (Å²) in [5.41, 5.74) is 1.79. The van der Waals surface area contributed by atoms with Crippen molar-refractivity contribution in [3.63, 3.8) is 0 Å². The highest BCUT2D eigenvalue weighted by Gasteiger charge is 2.11. The largest absolute Gasteiger partial charge is 0.497 e. The zero-order chi connectivity index (χ0) is 16.9. The van der Waals surface area contributed by atoms with Crippen LogP contribution < -0.4 is 14.2 Å². The van der Waals surface area contributed by atoms with Crippen LogP contribution in [0.4, 0.5) is 0 Å². The molecule has 0 unspecified atom stereocenters. The van der Waals surface area contributed by atoms with Crippen LogP contribution >= 0.6 is 0 Å². The fourth-order valence-corrected chi connectivity index (χ4v) is 2.35. The molecule has 0 fully saturated rings. The number of H-pyrrole nitrogens is 1. The van der Waals surface area contributed by atoms with Crippen molar-refractivity contribution >= 4 is 0 Å². The Bertz CT molecular complexity index is 813. The van der Waals surface area contributed by atoms with Gasteiger partial charge in [0.2, 0.25) is 0 Å². The van der Waals surface area contributed by atoms with Crippen LogP contribution in [-0.4, -0.2) is 36.0 Å². The number of methoxy groups -OCH3 is 2. The number of aromatic amines is 1. The summed E-state index contributed by atoms with van der Waals surface area (Å²) in [5.74, 6) is 3.46. The van der Waals surface area contributed by atoms with E-state index in [9.17, 15) is 0 Å². The number of nitrogens with one attached hydrogen (secondary N) is 1. The average Bonchev–Trinajstić information content (AvgIpc) is 3.12. The van der Waals surface area contributed by atoms with Gasteiger partial charge < -0.3 is 14.2 Å². The number of nitrogens with zero attached hydrogens (tertiary/aromatic N) is 2. The molecule has 0 amide bonds. The molecular weight excluding hydrogens is 306 g/mol. The van der Waals surface area contributed by atoms with Crippen LogP contribution in [0.5, 0.6) is 17.2 Å². The molecule has 1 aromatic heterocycles. The third kappa shape index (κ3) is 3.17. The summed E-state index contributed by atoms with van der Waals surface area (Å²) < 4.78 is 16.1. The summed E-state index contributed by atoms with van der Waals surface area (Å²) in [6.07, 6.45) is 0. The minimum Gasteiger partial charge on any atom is -0.497 e. The van der Waals surface area contributed by atoms with Crippen molar-refractivity contribution in [1.82, 2.24) is 15.2 Å². The molecule has 2 aromatic carbocycles.